The van der Waals surface area contributed by atoms with E-state index >= 15 is 0 Å². The molecular weight excluding hydrogens is 198 g/mol. The molecule has 14 heavy (non-hydrogen) atoms. The third-order valence-electron chi connectivity index (χ3n) is 1.74. The largest absolute Gasteiger partial charge is 0.478 e. The molecule has 0 saturated carbocycles. The highest BCUT2D eigenvalue weighted by Crippen LogP contribution is 2.10. The smallest absolute Gasteiger partial charge is 0.335 e. The van der Waals surface area contributed by atoms with Crippen molar-refractivity contribution in [2.24, 2.45) is 0 Å². The van der Waals surface area contributed by atoms with E-state index in [0.717, 1.165) is 17.1 Å². The van der Waals surface area contributed by atoms with Crippen LogP contribution >= 0.6 is 12.2 Å². The molecule has 1 rings (SSSR count). The highest BCUT2D eigenvalue weighted by Gasteiger charge is 2.01. The monoisotopic (exact) mass is 209 g/mol. The van der Waals surface area contributed by atoms with E-state index in [-0.39, 0.29) is 5.56 Å². The van der Waals surface area contributed by atoms with E-state index in [1.54, 1.807) is 24.3 Å². The number of benzene rings is 1. The summed E-state index contributed by atoms with van der Waals surface area (Å²) in [7, 11) is 0. The molecule has 0 aliphatic carbocycles. The number of carboxylic acids is 1. The van der Waals surface area contributed by atoms with Gasteiger partial charge in [-0.1, -0.05) is 19.1 Å². The summed E-state index contributed by atoms with van der Waals surface area (Å²) in [4.78, 5) is 11.3. The normalized spacial score (nSPS) is 9.50. The van der Waals surface area contributed by atoms with Gasteiger partial charge in [-0.15, -0.1) is 0 Å². The lowest BCUT2D eigenvalue weighted by Gasteiger charge is -2.05. The van der Waals surface area contributed by atoms with Crippen molar-refractivity contribution in [1.82, 2.24) is 0 Å². The average molecular weight is 209 g/mol. The molecule has 1 aromatic carbocycles. The Bertz CT molecular complexity index is 346. The fraction of sp³-hybridized carbons (Fsp3) is 0.200. The number of carboxylic acid groups (broad SMARTS) is 1. The first-order valence-corrected chi connectivity index (χ1v) is 4.67. The van der Waals surface area contributed by atoms with Gasteiger partial charge in [0, 0.05) is 5.69 Å². The Morgan fingerprint density at radius 2 is 2.00 bits per heavy atom. The van der Waals surface area contributed by atoms with Crippen molar-refractivity contribution in [3.8, 4) is 0 Å². The van der Waals surface area contributed by atoms with Crippen LogP contribution in [-0.4, -0.2) is 16.1 Å². The van der Waals surface area contributed by atoms with Crippen LogP contribution in [-0.2, 0) is 0 Å². The van der Waals surface area contributed by atoms with Crippen molar-refractivity contribution in [3.63, 3.8) is 0 Å². The van der Waals surface area contributed by atoms with E-state index in [4.69, 9.17) is 17.3 Å². The molecule has 74 valence electrons. The third-order valence-corrected chi connectivity index (χ3v) is 2.13. The van der Waals surface area contributed by atoms with Gasteiger partial charge in [0.05, 0.1) is 10.6 Å². The molecule has 0 aromatic heterocycles. The Kier molecular flexibility index (Phi) is 3.59. The van der Waals surface area contributed by atoms with Crippen LogP contribution in [0, 0.1) is 0 Å². The summed E-state index contributed by atoms with van der Waals surface area (Å²) in [5, 5.41) is 11.7. The van der Waals surface area contributed by atoms with E-state index < -0.39 is 5.97 Å². The quantitative estimate of drug-likeness (QED) is 0.751. The number of hydrogen-bond acceptors (Lipinski definition) is 2. The second-order valence-electron chi connectivity index (χ2n) is 2.78. The van der Waals surface area contributed by atoms with Crippen LogP contribution in [0.2, 0.25) is 0 Å². The molecule has 2 N–H and O–H groups in total. The SMILES string of the molecule is CCC(=S)Nc1ccc(C(=O)O)cc1. The molecular formula is C10H11NO2S. The molecule has 0 amide bonds. The lowest BCUT2D eigenvalue weighted by Crippen LogP contribution is -2.07. The Morgan fingerprint density at radius 3 is 2.43 bits per heavy atom. The van der Waals surface area contributed by atoms with Gasteiger partial charge in [-0.05, 0) is 30.7 Å². The van der Waals surface area contributed by atoms with Gasteiger partial charge in [-0.3, -0.25) is 0 Å². The van der Waals surface area contributed by atoms with E-state index in [1.165, 1.54) is 0 Å². The lowest BCUT2D eigenvalue weighted by molar-refractivity contribution is 0.0697. The zero-order valence-corrected chi connectivity index (χ0v) is 8.60. The summed E-state index contributed by atoms with van der Waals surface area (Å²) in [6.07, 6.45) is 0.774. The second kappa shape index (κ2) is 4.72. The average Bonchev–Trinajstić information content (AvgIpc) is 2.18. The van der Waals surface area contributed by atoms with Crippen molar-refractivity contribution in [3.05, 3.63) is 29.8 Å². The first kappa shape index (κ1) is 10.7. The number of thiocarbonyl (C=S) groups is 1. The van der Waals surface area contributed by atoms with E-state index in [9.17, 15) is 4.79 Å². The van der Waals surface area contributed by atoms with Crippen molar-refractivity contribution >= 4 is 28.9 Å². The van der Waals surface area contributed by atoms with Gasteiger partial charge in [0.15, 0.2) is 0 Å². The predicted octanol–water partition coefficient (Wildman–Crippen LogP) is 2.53. The highest BCUT2D eigenvalue weighted by molar-refractivity contribution is 7.80. The van der Waals surface area contributed by atoms with Crippen molar-refractivity contribution < 1.29 is 9.90 Å². The maximum atomic E-state index is 10.5. The molecule has 0 atom stereocenters. The number of aromatic carboxylic acids is 1. The van der Waals surface area contributed by atoms with Gasteiger partial charge in [0.25, 0.3) is 0 Å². The summed E-state index contributed by atoms with van der Waals surface area (Å²) < 4.78 is 0. The molecule has 0 aliphatic heterocycles. The second-order valence-corrected chi connectivity index (χ2v) is 3.28. The van der Waals surface area contributed by atoms with Gasteiger partial charge in [0.2, 0.25) is 0 Å². The summed E-state index contributed by atoms with van der Waals surface area (Å²) in [6, 6.07) is 6.49. The summed E-state index contributed by atoms with van der Waals surface area (Å²) in [5.41, 5.74) is 1.10. The summed E-state index contributed by atoms with van der Waals surface area (Å²) in [5.74, 6) is -0.922. The van der Waals surface area contributed by atoms with Gasteiger partial charge in [-0.25, -0.2) is 4.79 Å². The molecule has 0 spiro atoms. The molecule has 0 aliphatic rings. The van der Waals surface area contributed by atoms with Gasteiger partial charge >= 0.3 is 5.97 Å². The van der Waals surface area contributed by atoms with E-state index in [1.807, 2.05) is 6.92 Å². The predicted molar refractivity (Wildman–Crippen MR) is 59.9 cm³/mol. The van der Waals surface area contributed by atoms with E-state index in [2.05, 4.69) is 5.32 Å². The minimum atomic E-state index is -0.922. The lowest BCUT2D eigenvalue weighted by atomic mass is 10.2. The third kappa shape index (κ3) is 2.81. The van der Waals surface area contributed by atoms with Crippen LogP contribution in [0.1, 0.15) is 23.7 Å². The Morgan fingerprint density at radius 1 is 1.43 bits per heavy atom. The highest BCUT2D eigenvalue weighted by atomic mass is 32.1. The maximum absolute atomic E-state index is 10.5. The van der Waals surface area contributed by atoms with Crippen LogP contribution in [0.25, 0.3) is 0 Å². The zero-order valence-electron chi connectivity index (χ0n) is 7.78. The minimum absolute atomic E-state index is 0.276. The molecule has 0 heterocycles. The standard InChI is InChI=1S/C10H11NO2S/c1-2-9(14)11-8-5-3-7(4-6-8)10(12)13/h3-6H,2H2,1H3,(H,11,14)(H,12,13). The van der Waals surface area contributed by atoms with E-state index in [0.29, 0.717) is 0 Å². The number of rotatable bonds is 3. The molecule has 3 nitrogen and oxygen atoms in total. The van der Waals surface area contributed by atoms with Crippen molar-refractivity contribution in [2.45, 2.75) is 13.3 Å². The van der Waals surface area contributed by atoms with Crippen molar-refractivity contribution in [2.75, 3.05) is 5.32 Å². The van der Waals surface area contributed by atoms with Crippen LogP contribution in [0.5, 0.6) is 0 Å². The Labute approximate surface area is 87.8 Å². The fourth-order valence-electron chi connectivity index (χ4n) is 0.946. The van der Waals surface area contributed by atoms with Crippen LogP contribution in [0.3, 0.4) is 0 Å². The number of carbonyl (C=O) groups is 1. The Balaban J connectivity index is 2.73. The van der Waals surface area contributed by atoms with Crippen LogP contribution in [0.4, 0.5) is 5.69 Å². The number of anilines is 1. The molecule has 0 bridgehead atoms. The molecule has 0 fully saturated rings. The van der Waals surface area contributed by atoms with Crippen molar-refractivity contribution in [1.29, 1.82) is 0 Å². The molecule has 0 saturated heterocycles. The molecule has 0 unspecified atom stereocenters. The zero-order chi connectivity index (χ0) is 10.6. The summed E-state index contributed by atoms with van der Waals surface area (Å²) >= 11 is 4.99. The fourth-order valence-corrected chi connectivity index (χ4v) is 1.06. The van der Waals surface area contributed by atoms with Gasteiger partial charge < -0.3 is 10.4 Å². The topological polar surface area (TPSA) is 49.3 Å². The first-order chi connectivity index (χ1) is 6.63. The first-order valence-electron chi connectivity index (χ1n) is 4.26. The Hall–Kier alpha value is -1.42. The molecule has 1 aromatic rings. The van der Waals surface area contributed by atoms with Gasteiger partial charge in [0.1, 0.15) is 0 Å². The molecule has 0 radical (unpaired) electrons. The molecule has 4 heteroatoms. The maximum Gasteiger partial charge on any atom is 0.335 e. The minimum Gasteiger partial charge on any atom is -0.478 e. The van der Waals surface area contributed by atoms with Gasteiger partial charge in [-0.2, -0.15) is 0 Å². The summed E-state index contributed by atoms with van der Waals surface area (Å²) in [6.45, 7) is 1.96. The van der Waals surface area contributed by atoms with Crippen LogP contribution < -0.4 is 5.32 Å². The number of hydrogen-bond donors (Lipinski definition) is 2. The number of nitrogens with one attached hydrogen (secondary N) is 1. The van der Waals surface area contributed by atoms with Crippen LogP contribution in [0.15, 0.2) is 24.3 Å².